The van der Waals surface area contributed by atoms with Crippen molar-refractivity contribution in [3.8, 4) is 5.75 Å². The first-order chi connectivity index (χ1) is 27.5. The molecule has 0 aliphatic rings. The van der Waals surface area contributed by atoms with Gasteiger partial charge in [0.2, 0.25) is 0 Å². The van der Waals surface area contributed by atoms with E-state index in [1.54, 1.807) is 7.11 Å². The zero-order valence-corrected chi connectivity index (χ0v) is 33.4. The van der Waals surface area contributed by atoms with Gasteiger partial charge in [-0.2, -0.15) is 0 Å². The molecule has 0 aromatic heterocycles. The van der Waals surface area contributed by atoms with Crippen molar-refractivity contribution in [3.63, 3.8) is 0 Å². The maximum absolute atomic E-state index is 7.01. The van der Waals surface area contributed by atoms with E-state index in [4.69, 9.17) is 28.4 Å². The minimum Gasteiger partial charge on any atom is -0.497 e. The Hall–Kier alpha value is -4.56. The molecule has 0 saturated carbocycles. The third-order valence-electron chi connectivity index (χ3n) is 10.3. The first kappa shape index (κ1) is 42.6. The third-order valence-corrected chi connectivity index (χ3v) is 10.3. The van der Waals surface area contributed by atoms with E-state index in [-0.39, 0.29) is 36.3 Å². The molecule has 6 atom stereocenters. The van der Waals surface area contributed by atoms with Gasteiger partial charge >= 0.3 is 0 Å². The molecule has 0 radical (unpaired) electrons. The molecule has 0 N–H and O–H groups in total. The first-order valence-electron chi connectivity index (χ1n) is 20.0. The van der Waals surface area contributed by atoms with Gasteiger partial charge in [0, 0.05) is 24.9 Å². The van der Waals surface area contributed by atoms with Crippen LogP contribution in [0.2, 0.25) is 0 Å². The predicted octanol–water partition coefficient (Wildman–Crippen LogP) is 11.2. The van der Waals surface area contributed by atoms with E-state index in [1.807, 2.05) is 66.7 Å². The second-order valence-electron chi connectivity index (χ2n) is 14.5. The van der Waals surface area contributed by atoms with Crippen LogP contribution >= 0.6 is 0 Å². The number of hydrogen-bond donors (Lipinski definition) is 0. The summed E-state index contributed by atoms with van der Waals surface area (Å²) < 4.78 is 38.9. The fraction of sp³-hybridized carbons (Fsp3) is 0.360. The second-order valence-corrected chi connectivity index (χ2v) is 14.5. The van der Waals surface area contributed by atoms with E-state index in [9.17, 15) is 0 Å². The van der Waals surface area contributed by atoms with Crippen molar-refractivity contribution >= 4 is 0 Å². The Balaban J connectivity index is 1.38. The molecule has 5 aromatic rings. The largest absolute Gasteiger partial charge is 0.497 e. The standard InChI is InChI=1S/C50H60O6/c1-5-18-47(53-35-41-19-10-6-11-20-41)33-49(55-37-43-23-14-8-15-24-43)40(3)50(56-38-44-25-16-9-17-26-44)39(2)48(54-36-42-21-12-7-13-22-42)31-32-52-34-45-27-29-46(51-4)30-28-45/h5-17,19-30,39-40,47-50H,1,18,31-38H2,2-4H3/t39-,40-,47-,48-,49+,50+/m0/s1. The number of ether oxygens (including phenoxy) is 6. The highest BCUT2D eigenvalue weighted by Crippen LogP contribution is 2.32. The van der Waals surface area contributed by atoms with Crippen LogP contribution in [0.5, 0.6) is 5.75 Å². The molecular formula is C50H60O6. The van der Waals surface area contributed by atoms with Crippen LogP contribution < -0.4 is 4.74 Å². The summed E-state index contributed by atoms with van der Waals surface area (Å²) in [6.07, 6.45) is 3.42. The van der Waals surface area contributed by atoms with Crippen LogP contribution in [0.4, 0.5) is 0 Å². The topological polar surface area (TPSA) is 55.4 Å². The van der Waals surface area contributed by atoms with E-state index in [1.165, 1.54) is 0 Å². The van der Waals surface area contributed by atoms with Gasteiger partial charge in [0.15, 0.2) is 0 Å². The number of rotatable bonds is 26. The van der Waals surface area contributed by atoms with Crippen molar-refractivity contribution < 1.29 is 28.4 Å². The molecule has 0 aliphatic carbocycles. The minimum atomic E-state index is -0.211. The second kappa shape index (κ2) is 24.2. The van der Waals surface area contributed by atoms with E-state index in [0.29, 0.717) is 58.9 Å². The van der Waals surface area contributed by atoms with Gasteiger partial charge in [0.25, 0.3) is 0 Å². The first-order valence-corrected chi connectivity index (χ1v) is 20.0. The van der Waals surface area contributed by atoms with E-state index >= 15 is 0 Å². The van der Waals surface area contributed by atoms with Crippen LogP contribution in [-0.2, 0) is 56.7 Å². The van der Waals surface area contributed by atoms with Gasteiger partial charge in [-0.15, -0.1) is 6.58 Å². The highest BCUT2D eigenvalue weighted by molar-refractivity contribution is 5.26. The summed E-state index contributed by atoms with van der Waals surface area (Å²) in [5.74, 6) is 0.804. The van der Waals surface area contributed by atoms with Gasteiger partial charge in [-0.05, 0) is 52.8 Å². The highest BCUT2D eigenvalue weighted by Gasteiger charge is 2.37. The molecule has 0 spiro atoms. The van der Waals surface area contributed by atoms with Crippen molar-refractivity contribution in [1.82, 2.24) is 0 Å². The average molecular weight is 757 g/mol. The van der Waals surface area contributed by atoms with Gasteiger partial charge in [0.05, 0.1) is 64.6 Å². The average Bonchev–Trinajstić information content (AvgIpc) is 3.25. The van der Waals surface area contributed by atoms with Crippen molar-refractivity contribution in [3.05, 3.63) is 186 Å². The van der Waals surface area contributed by atoms with Gasteiger partial charge in [-0.1, -0.05) is 153 Å². The van der Waals surface area contributed by atoms with E-state index in [0.717, 1.165) is 33.6 Å². The Morgan fingerprint density at radius 1 is 0.500 bits per heavy atom. The van der Waals surface area contributed by atoms with E-state index in [2.05, 4.69) is 105 Å². The highest BCUT2D eigenvalue weighted by atomic mass is 16.5. The lowest BCUT2D eigenvalue weighted by molar-refractivity contribution is -0.134. The third kappa shape index (κ3) is 14.5. The molecule has 56 heavy (non-hydrogen) atoms. The summed E-state index contributed by atoms with van der Waals surface area (Å²) in [5, 5.41) is 0. The molecule has 6 heteroatoms. The Morgan fingerprint density at radius 3 is 1.41 bits per heavy atom. The predicted molar refractivity (Wildman–Crippen MR) is 225 cm³/mol. The molecule has 296 valence electrons. The van der Waals surface area contributed by atoms with Crippen LogP contribution in [0.25, 0.3) is 0 Å². The van der Waals surface area contributed by atoms with E-state index < -0.39 is 0 Å². The summed E-state index contributed by atoms with van der Waals surface area (Å²) in [6.45, 7) is 11.6. The van der Waals surface area contributed by atoms with Crippen molar-refractivity contribution in [1.29, 1.82) is 0 Å². The zero-order chi connectivity index (χ0) is 39.2. The molecule has 5 aromatic carbocycles. The van der Waals surface area contributed by atoms with Crippen molar-refractivity contribution in [2.45, 2.75) is 90.6 Å². The van der Waals surface area contributed by atoms with Crippen LogP contribution in [0, 0.1) is 11.8 Å². The summed E-state index contributed by atoms with van der Waals surface area (Å²) in [6, 6.07) is 49.4. The molecule has 0 bridgehead atoms. The maximum atomic E-state index is 7.01. The quantitative estimate of drug-likeness (QED) is 0.0414. The molecular weight excluding hydrogens is 697 g/mol. The normalized spacial score (nSPS) is 14.6. The zero-order valence-electron chi connectivity index (χ0n) is 33.4. The SMILES string of the molecule is C=CC[C@@H](C[C@@H](OCc1ccccc1)[C@H](C)[C@H](OCc1ccccc1)[C@@H](C)[C@H](CCOCc1ccc(OC)cc1)OCc1ccccc1)OCc1ccccc1. The summed E-state index contributed by atoms with van der Waals surface area (Å²) in [5.41, 5.74) is 5.62. The fourth-order valence-corrected chi connectivity index (χ4v) is 7.04. The van der Waals surface area contributed by atoms with Crippen LogP contribution in [0.15, 0.2) is 158 Å². The molecule has 0 saturated heterocycles. The number of hydrogen-bond acceptors (Lipinski definition) is 6. The molecule has 6 nitrogen and oxygen atoms in total. The fourth-order valence-electron chi connectivity index (χ4n) is 7.04. The Kier molecular flexibility index (Phi) is 18.4. The molecule has 0 aliphatic heterocycles. The Bertz CT molecular complexity index is 1750. The minimum absolute atomic E-state index is 0.00655. The van der Waals surface area contributed by atoms with Gasteiger partial charge in [-0.3, -0.25) is 0 Å². The molecule has 5 rings (SSSR count). The monoisotopic (exact) mass is 756 g/mol. The lowest BCUT2D eigenvalue weighted by atomic mass is 9.83. The Labute approximate surface area is 335 Å². The van der Waals surface area contributed by atoms with Gasteiger partial charge in [0.1, 0.15) is 5.75 Å². The van der Waals surface area contributed by atoms with Gasteiger partial charge in [-0.25, -0.2) is 0 Å². The Morgan fingerprint density at radius 2 is 0.929 bits per heavy atom. The van der Waals surface area contributed by atoms with Crippen LogP contribution in [0.1, 0.15) is 60.9 Å². The van der Waals surface area contributed by atoms with Crippen molar-refractivity contribution in [2.75, 3.05) is 13.7 Å². The molecule has 0 heterocycles. The molecule has 0 unspecified atom stereocenters. The molecule has 0 amide bonds. The lowest BCUT2D eigenvalue weighted by Gasteiger charge is -2.39. The van der Waals surface area contributed by atoms with Crippen molar-refractivity contribution in [2.24, 2.45) is 11.8 Å². The van der Waals surface area contributed by atoms with Crippen LogP contribution in [0.3, 0.4) is 0 Å². The molecule has 0 fully saturated rings. The lowest BCUT2D eigenvalue weighted by Crippen LogP contribution is -2.44. The van der Waals surface area contributed by atoms with Gasteiger partial charge < -0.3 is 28.4 Å². The smallest absolute Gasteiger partial charge is 0.118 e. The van der Waals surface area contributed by atoms with Crippen LogP contribution in [-0.4, -0.2) is 38.1 Å². The number of methoxy groups -OCH3 is 1. The summed E-state index contributed by atoms with van der Waals surface area (Å²) in [4.78, 5) is 0. The summed E-state index contributed by atoms with van der Waals surface area (Å²) >= 11 is 0. The number of benzene rings is 5. The maximum Gasteiger partial charge on any atom is 0.118 e. The summed E-state index contributed by atoms with van der Waals surface area (Å²) in [7, 11) is 1.68.